The second kappa shape index (κ2) is 8.38. The second-order valence-corrected chi connectivity index (χ2v) is 5.44. The van der Waals surface area contributed by atoms with Crippen LogP contribution in [0.4, 0.5) is 4.79 Å². The molecule has 2 N–H and O–H groups in total. The number of hydrogen-bond donors (Lipinski definition) is 2. The number of carboxylic acid groups (broad SMARTS) is 1. The summed E-state index contributed by atoms with van der Waals surface area (Å²) in [5.41, 5.74) is 0.849. The third-order valence-electron chi connectivity index (χ3n) is 3.76. The van der Waals surface area contributed by atoms with Gasteiger partial charge in [-0.1, -0.05) is 12.1 Å². The number of nitrogens with one attached hydrogen (secondary N) is 1. The molecule has 1 aromatic carbocycles. The summed E-state index contributed by atoms with van der Waals surface area (Å²) in [6.45, 7) is 1.34. The Kier molecular flexibility index (Phi) is 6.22. The number of hydrogen-bond acceptors (Lipinski definition) is 4. The molecule has 126 valence electrons. The van der Waals surface area contributed by atoms with E-state index in [0.29, 0.717) is 25.5 Å². The van der Waals surface area contributed by atoms with Crippen LogP contribution in [0.15, 0.2) is 24.3 Å². The Hall–Kier alpha value is -2.28. The number of benzene rings is 1. The second-order valence-electron chi connectivity index (χ2n) is 5.44. The lowest BCUT2D eigenvalue weighted by atomic mass is 10.1. The van der Waals surface area contributed by atoms with Crippen LogP contribution in [-0.2, 0) is 16.1 Å². The molecular weight excluding hydrogens is 300 g/mol. The number of amides is 2. The van der Waals surface area contributed by atoms with Crippen LogP contribution in [0.3, 0.4) is 0 Å². The highest BCUT2D eigenvalue weighted by Gasteiger charge is 2.22. The van der Waals surface area contributed by atoms with Gasteiger partial charge in [-0.3, -0.25) is 0 Å². The number of aliphatic carboxylic acids is 1. The highest BCUT2D eigenvalue weighted by molar-refractivity contribution is 5.74. The number of ether oxygens (including phenoxy) is 2. The molecule has 1 fully saturated rings. The van der Waals surface area contributed by atoms with Crippen molar-refractivity contribution < 1.29 is 24.2 Å². The van der Waals surface area contributed by atoms with Crippen molar-refractivity contribution in [2.24, 2.45) is 0 Å². The molecule has 0 unspecified atom stereocenters. The number of urea groups is 1. The van der Waals surface area contributed by atoms with Crippen molar-refractivity contribution in [3.63, 3.8) is 0 Å². The van der Waals surface area contributed by atoms with Crippen molar-refractivity contribution in [3.05, 3.63) is 29.8 Å². The van der Waals surface area contributed by atoms with Gasteiger partial charge in [0.25, 0.3) is 0 Å². The van der Waals surface area contributed by atoms with Crippen molar-refractivity contribution in [1.82, 2.24) is 10.2 Å². The Labute approximate surface area is 135 Å². The zero-order valence-corrected chi connectivity index (χ0v) is 13.2. The fraction of sp³-hybridized carbons (Fsp3) is 0.500. The smallest absolute Gasteiger partial charge is 0.341 e. The third-order valence-corrected chi connectivity index (χ3v) is 3.76. The molecule has 0 bridgehead atoms. The molecule has 2 amide bonds. The number of carbonyl (C=O) groups is 2. The average molecular weight is 322 g/mol. The van der Waals surface area contributed by atoms with E-state index in [4.69, 9.17) is 14.6 Å². The summed E-state index contributed by atoms with van der Waals surface area (Å²) in [6.07, 6.45) is 1.70. The van der Waals surface area contributed by atoms with Crippen molar-refractivity contribution in [2.75, 3.05) is 26.9 Å². The van der Waals surface area contributed by atoms with Crippen LogP contribution in [-0.4, -0.2) is 54.9 Å². The minimum Gasteiger partial charge on any atom is -0.482 e. The molecule has 1 aromatic rings. The monoisotopic (exact) mass is 322 g/mol. The molecule has 0 atom stereocenters. The lowest BCUT2D eigenvalue weighted by Crippen LogP contribution is -2.45. The molecule has 0 aliphatic carbocycles. The van der Waals surface area contributed by atoms with Crippen molar-refractivity contribution in [2.45, 2.75) is 25.4 Å². The number of rotatable bonds is 6. The molecular formula is C16H22N2O5. The van der Waals surface area contributed by atoms with Crippen LogP contribution in [0.1, 0.15) is 18.4 Å². The van der Waals surface area contributed by atoms with Gasteiger partial charge in [0.1, 0.15) is 5.75 Å². The maximum atomic E-state index is 12.2. The van der Waals surface area contributed by atoms with E-state index in [1.165, 1.54) is 0 Å². The molecule has 2 rings (SSSR count). The number of nitrogens with zero attached hydrogens (tertiary/aromatic N) is 1. The van der Waals surface area contributed by atoms with Crippen LogP contribution in [0.25, 0.3) is 0 Å². The topological polar surface area (TPSA) is 88.1 Å². The van der Waals surface area contributed by atoms with Gasteiger partial charge in [-0.25, -0.2) is 9.59 Å². The van der Waals surface area contributed by atoms with E-state index in [2.05, 4.69) is 5.32 Å². The van der Waals surface area contributed by atoms with E-state index < -0.39 is 5.97 Å². The summed E-state index contributed by atoms with van der Waals surface area (Å²) in [7, 11) is 1.79. The first-order valence-electron chi connectivity index (χ1n) is 7.58. The van der Waals surface area contributed by atoms with E-state index in [1.54, 1.807) is 30.1 Å². The zero-order valence-electron chi connectivity index (χ0n) is 13.2. The van der Waals surface area contributed by atoms with Gasteiger partial charge in [-0.15, -0.1) is 0 Å². The summed E-state index contributed by atoms with van der Waals surface area (Å²) >= 11 is 0. The van der Waals surface area contributed by atoms with E-state index in [9.17, 15) is 9.59 Å². The summed E-state index contributed by atoms with van der Waals surface area (Å²) in [5.74, 6) is -0.557. The molecule has 0 spiro atoms. The van der Waals surface area contributed by atoms with Crippen LogP contribution in [0, 0.1) is 0 Å². The minimum absolute atomic E-state index is 0.131. The maximum absolute atomic E-state index is 12.2. The Morgan fingerprint density at radius 3 is 2.83 bits per heavy atom. The molecule has 7 nitrogen and oxygen atoms in total. The Morgan fingerprint density at radius 2 is 2.13 bits per heavy atom. The normalized spacial score (nSPS) is 15.0. The molecule has 1 heterocycles. The fourth-order valence-corrected chi connectivity index (χ4v) is 2.43. The first kappa shape index (κ1) is 17.1. The Balaban J connectivity index is 1.83. The summed E-state index contributed by atoms with van der Waals surface area (Å²) in [6, 6.07) is 7.09. The maximum Gasteiger partial charge on any atom is 0.341 e. The van der Waals surface area contributed by atoms with Gasteiger partial charge < -0.3 is 24.8 Å². The highest BCUT2D eigenvalue weighted by atomic mass is 16.5. The lowest BCUT2D eigenvalue weighted by Gasteiger charge is -2.31. The van der Waals surface area contributed by atoms with Crippen molar-refractivity contribution in [3.8, 4) is 5.75 Å². The van der Waals surface area contributed by atoms with Crippen LogP contribution < -0.4 is 10.1 Å². The average Bonchev–Trinajstić information content (AvgIpc) is 2.58. The molecule has 0 saturated carbocycles. The summed E-state index contributed by atoms with van der Waals surface area (Å²) in [4.78, 5) is 24.4. The van der Waals surface area contributed by atoms with Crippen LogP contribution in [0.5, 0.6) is 5.75 Å². The Morgan fingerprint density at radius 1 is 1.39 bits per heavy atom. The molecule has 0 aromatic heterocycles. The number of carbonyl (C=O) groups excluding carboxylic acids is 1. The molecule has 23 heavy (non-hydrogen) atoms. The molecule has 1 saturated heterocycles. The van der Waals surface area contributed by atoms with Crippen LogP contribution in [0.2, 0.25) is 0 Å². The summed E-state index contributed by atoms with van der Waals surface area (Å²) in [5, 5.41) is 11.5. The SMILES string of the molecule is CN(C(=O)NCc1cccc(OCC(=O)O)c1)C1CCOCC1. The van der Waals surface area contributed by atoms with Gasteiger partial charge in [-0.05, 0) is 30.5 Å². The zero-order chi connectivity index (χ0) is 16.7. The highest BCUT2D eigenvalue weighted by Crippen LogP contribution is 2.15. The van der Waals surface area contributed by atoms with Gasteiger partial charge in [-0.2, -0.15) is 0 Å². The van der Waals surface area contributed by atoms with E-state index >= 15 is 0 Å². The third kappa shape index (κ3) is 5.45. The van der Waals surface area contributed by atoms with Gasteiger partial charge >= 0.3 is 12.0 Å². The summed E-state index contributed by atoms with van der Waals surface area (Å²) < 4.78 is 10.4. The van der Waals surface area contributed by atoms with Gasteiger partial charge in [0.15, 0.2) is 6.61 Å². The Bertz CT molecular complexity index is 543. The molecule has 1 aliphatic rings. The van der Waals surface area contributed by atoms with E-state index in [0.717, 1.165) is 18.4 Å². The molecule has 1 aliphatic heterocycles. The van der Waals surface area contributed by atoms with Crippen molar-refractivity contribution >= 4 is 12.0 Å². The first-order valence-corrected chi connectivity index (χ1v) is 7.58. The first-order chi connectivity index (χ1) is 11.1. The quantitative estimate of drug-likeness (QED) is 0.828. The van der Waals surface area contributed by atoms with Gasteiger partial charge in [0.2, 0.25) is 0 Å². The number of carboxylic acids is 1. The fourth-order valence-electron chi connectivity index (χ4n) is 2.43. The van der Waals surface area contributed by atoms with Gasteiger partial charge in [0.05, 0.1) is 0 Å². The standard InChI is InChI=1S/C16H22N2O5/c1-18(13-5-7-22-8-6-13)16(21)17-10-12-3-2-4-14(9-12)23-11-15(19)20/h2-4,9,13H,5-8,10-11H2,1H3,(H,17,21)(H,19,20). The predicted molar refractivity (Wildman–Crippen MR) is 83.4 cm³/mol. The van der Waals surface area contributed by atoms with Crippen molar-refractivity contribution in [1.29, 1.82) is 0 Å². The van der Waals surface area contributed by atoms with Gasteiger partial charge in [0, 0.05) is 32.8 Å². The predicted octanol–water partition coefficient (Wildman–Crippen LogP) is 1.47. The largest absolute Gasteiger partial charge is 0.482 e. The van der Waals surface area contributed by atoms with E-state index in [1.807, 2.05) is 6.07 Å². The lowest BCUT2D eigenvalue weighted by molar-refractivity contribution is -0.139. The van der Waals surface area contributed by atoms with Crippen LogP contribution >= 0.6 is 0 Å². The minimum atomic E-state index is -1.03. The van der Waals surface area contributed by atoms with E-state index in [-0.39, 0.29) is 18.7 Å². The molecule has 7 heteroatoms. The molecule has 0 radical (unpaired) electrons.